The lowest BCUT2D eigenvalue weighted by Gasteiger charge is -2.00. The maximum Gasteiger partial charge on any atom is 0.215 e. The van der Waals surface area contributed by atoms with Crippen molar-refractivity contribution in [3.63, 3.8) is 0 Å². The predicted octanol–water partition coefficient (Wildman–Crippen LogP) is 0.877. The number of nitrogens with two attached hydrogens (primary N) is 1. The molecule has 0 aliphatic carbocycles. The third-order valence-electron chi connectivity index (χ3n) is 1.01. The van der Waals surface area contributed by atoms with Crippen molar-refractivity contribution in [2.24, 2.45) is 0 Å². The van der Waals surface area contributed by atoms with E-state index in [2.05, 4.69) is 11.9 Å². The van der Waals surface area contributed by atoms with Crippen LogP contribution in [0, 0.1) is 6.92 Å². The molecule has 0 saturated carbocycles. The normalized spacial score (nSPS) is 9.30. The summed E-state index contributed by atoms with van der Waals surface area (Å²) in [5.74, 6) is 0.523. The largest absolute Gasteiger partial charge is 0.478 e. The Morgan fingerprint density at radius 1 is 1.70 bits per heavy atom. The Balaban J connectivity index is 2.75. The smallest absolute Gasteiger partial charge is 0.215 e. The lowest BCUT2D eigenvalue weighted by molar-refractivity contribution is 0.347. The van der Waals surface area contributed by atoms with Crippen LogP contribution in [-0.4, -0.2) is 11.6 Å². The first-order valence-corrected chi connectivity index (χ1v) is 2.96. The number of pyridine rings is 1. The summed E-state index contributed by atoms with van der Waals surface area (Å²) in [4.78, 5) is 3.89. The molecule has 0 spiro atoms. The fourth-order valence-electron chi connectivity index (χ4n) is 0.608. The number of anilines is 1. The molecule has 0 fully saturated rings. The van der Waals surface area contributed by atoms with Crippen LogP contribution in [0.3, 0.4) is 0 Å². The molecule has 0 aliphatic rings. The molecule has 1 heterocycles. The first-order valence-electron chi connectivity index (χ1n) is 2.96. The third-order valence-corrected chi connectivity index (χ3v) is 1.01. The quantitative estimate of drug-likeness (QED) is 0.658. The Morgan fingerprint density at radius 3 is 3.10 bits per heavy atom. The monoisotopic (exact) mass is 137 g/mol. The summed E-state index contributed by atoms with van der Waals surface area (Å²) in [6.07, 6.45) is 1.60. The van der Waals surface area contributed by atoms with Gasteiger partial charge in [0, 0.05) is 18.0 Å². The van der Waals surface area contributed by atoms with E-state index in [0.717, 1.165) is 0 Å². The highest BCUT2D eigenvalue weighted by Gasteiger charge is 1.91. The van der Waals surface area contributed by atoms with E-state index in [0.29, 0.717) is 18.2 Å². The zero-order valence-corrected chi connectivity index (χ0v) is 5.58. The summed E-state index contributed by atoms with van der Waals surface area (Å²) in [5.41, 5.74) is 6.10. The highest BCUT2D eigenvalue weighted by Crippen LogP contribution is 2.09. The minimum absolute atomic E-state index is 0.371. The number of ether oxygens (including phenoxy) is 1. The molecule has 0 aromatic carbocycles. The molecule has 10 heavy (non-hydrogen) atoms. The average molecular weight is 137 g/mol. The summed E-state index contributed by atoms with van der Waals surface area (Å²) in [6, 6.07) is 3.36. The van der Waals surface area contributed by atoms with E-state index in [9.17, 15) is 0 Å². The standard InChI is InChI=1S/C7H9N2O/c1-2-10-7-5-6(8)3-4-9-7/h3-5H,1-2H2,(H2,8,9). The number of nitrogen functional groups attached to an aromatic ring is 1. The van der Waals surface area contributed by atoms with E-state index < -0.39 is 0 Å². The van der Waals surface area contributed by atoms with E-state index in [4.69, 9.17) is 10.5 Å². The van der Waals surface area contributed by atoms with Gasteiger partial charge in [0.1, 0.15) is 0 Å². The van der Waals surface area contributed by atoms with Crippen molar-refractivity contribution in [3.05, 3.63) is 25.3 Å². The molecule has 2 N–H and O–H groups in total. The minimum Gasteiger partial charge on any atom is -0.478 e. The summed E-state index contributed by atoms with van der Waals surface area (Å²) in [6.45, 7) is 3.88. The van der Waals surface area contributed by atoms with Crippen LogP contribution in [-0.2, 0) is 0 Å². The second kappa shape index (κ2) is 3.06. The van der Waals surface area contributed by atoms with Crippen molar-refractivity contribution in [2.75, 3.05) is 12.3 Å². The SMILES string of the molecule is [CH2]COc1cc(N)ccn1. The Labute approximate surface area is 59.8 Å². The molecule has 0 unspecified atom stereocenters. The highest BCUT2D eigenvalue weighted by atomic mass is 16.5. The van der Waals surface area contributed by atoms with Gasteiger partial charge in [-0.1, -0.05) is 0 Å². The Morgan fingerprint density at radius 2 is 2.50 bits per heavy atom. The second-order valence-electron chi connectivity index (χ2n) is 1.78. The van der Waals surface area contributed by atoms with Crippen LogP contribution in [0.1, 0.15) is 0 Å². The molecular formula is C7H9N2O. The molecule has 53 valence electrons. The number of nitrogens with zero attached hydrogens (tertiary/aromatic N) is 1. The Bertz CT molecular complexity index is 213. The van der Waals surface area contributed by atoms with Crippen LogP contribution in [0.15, 0.2) is 18.3 Å². The lowest BCUT2D eigenvalue weighted by Crippen LogP contribution is -1.95. The average Bonchev–Trinajstić information content (AvgIpc) is 1.88. The van der Waals surface area contributed by atoms with E-state index >= 15 is 0 Å². The first kappa shape index (κ1) is 6.86. The predicted molar refractivity (Wildman–Crippen MR) is 39.5 cm³/mol. The van der Waals surface area contributed by atoms with E-state index in [1.54, 1.807) is 18.3 Å². The van der Waals surface area contributed by atoms with Gasteiger partial charge in [0.25, 0.3) is 0 Å². The highest BCUT2D eigenvalue weighted by molar-refractivity contribution is 5.39. The number of hydrogen-bond acceptors (Lipinski definition) is 3. The fraction of sp³-hybridized carbons (Fsp3) is 0.143. The van der Waals surface area contributed by atoms with Crippen LogP contribution in [0.4, 0.5) is 5.69 Å². The number of hydrogen-bond donors (Lipinski definition) is 1. The van der Waals surface area contributed by atoms with E-state index in [-0.39, 0.29) is 0 Å². The second-order valence-corrected chi connectivity index (χ2v) is 1.78. The Kier molecular flexibility index (Phi) is 2.10. The lowest BCUT2D eigenvalue weighted by atomic mass is 10.4. The molecule has 3 heteroatoms. The van der Waals surface area contributed by atoms with Crippen LogP contribution in [0.2, 0.25) is 0 Å². The molecule has 1 radical (unpaired) electrons. The molecule has 3 nitrogen and oxygen atoms in total. The molecule has 0 aliphatic heterocycles. The van der Waals surface area contributed by atoms with Gasteiger partial charge in [0.05, 0.1) is 6.61 Å². The summed E-state index contributed by atoms with van der Waals surface area (Å²) in [7, 11) is 0. The van der Waals surface area contributed by atoms with E-state index in [1.807, 2.05) is 0 Å². The molecule has 1 aromatic rings. The molecule has 1 rings (SSSR count). The van der Waals surface area contributed by atoms with Crippen molar-refractivity contribution >= 4 is 5.69 Å². The molecule has 0 atom stereocenters. The van der Waals surface area contributed by atoms with Gasteiger partial charge in [-0.05, 0) is 13.0 Å². The summed E-state index contributed by atoms with van der Waals surface area (Å²) < 4.78 is 4.98. The molecular weight excluding hydrogens is 128 g/mol. The molecule has 0 amide bonds. The van der Waals surface area contributed by atoms with Gasteiger partial charge in [-0.2, -0.15) is 0 Å². The number of aromatic nitrogens is 1. The van der Waals surface area contributed by atoms with Crippen molar-refractivity contribution in [1.29, 1.82) is 0 Å². The van der Waals surface area contributed by atoms with Crippen LogP contribution in [0.25, 0.3) is 0 Å². The summed E-state index contributed by atoms with van der Waals surface area (Å²) in [5, 5.41) is 0. The summed E-state index contributed by atoms with van der Waals surface area (Å²) >= 11 is 0. The van der Waals surface area contributed by atoms with Gasteiger partial charge in [-0.15, -0.1) is 0 Å². The van der Waals surface area contributed by atoms with Gasteiger partial charge < -0.3 is 10.5 Å². The van der Waals surface area contributed by atoms with Crippen molar-refractivity contribution in [1.82, 2.24) is 4.98 Å². The fourth-order valence-corrected chi connectivity index (χ4v) is 0.608. The topological polar surface area (TPSA) is 48.1 Å². The van der Waals surface area contributed by atoms with Crippen molar-refractivity contribution < 1.29 is 4.74 Å². The zero-order chi connectivity index (χ0) is 7.40. The van der Waals surface area contributed by atoms with Gasteiger partial charge >= 0.3 is 0 Å². The maximum absolute atomic E-state index is 5.45. The van der Waals surface area contributed by atoms with Gasteiger partial charge in [0.15, 0.2) is 0 Å². The first-order chi connectivity index (χ1) is 4.83. The van der Waals surface area contributed by atoms with Crippen LogP contribution < -0.4 is 10.5 Å². The maximum atomic E-state index is 5.45. The van der Waals surface area contributed by atoms with Crippen molar-refractivity contribution in [2.45, 2.75) is 0 Å². The van der Waals surface area contributed by atoms with Gasteiger partial charge in [-0.25, -0.2) is 4.98 Å². The zero-order valence-electron chi connectivity index (χ0n) is 5.58. The van der Waals surface area contributed by atoms with Gasteiger partial charge in [0.2, 0.25) is 5.88 Å². The molecule has 0 bridgehead atoms. The van der Waals surface area contributed by atoms with Crippen LogP contribution >= 0.6 is 0 Å². The van der Waals surface area contributed by atoms with Gasteiger partial charge in [-0.3, -0.25) is 0 Å². The van der Waals surface area contributed by atoms with Crippen molar-refractivity contribution in [3.8, 4) is 5.88 Å². The molecule has 0 saturated heterocycles. The third kappa shape index (κ3) is 1.62. The molecule has 1 aromatic heterocycles. The minimum atomic E-state index is 0.371. The van der Waals surface area contributed by atoms with E-state index in [1.165, 1.54) is 0 Å². The number of rotatable bonds is 2. The van der Waals surface area contributed by atoms with Crippen LogP contribution in [0.5, 0.6) is 5.88 Å². The Hall–Kier alpha value is -1.25.